The summed E-state index contributed by atoms with van der Waals surface area (Å²) in [5.41, 5.74) is -0.420. The van der Waals surface area contributed by atoms with Crippen LogP contribution in [-0.2, 0) is 0 Å². The molecule has 0 spiro atoms. The van der Waals surface area contributed by atoms with Gasteiger partial charge in [-0.05, 0) is 31.2 Å². The number of nitrogens with zero attached hydrogens (tertiary/aromatic N) is 1. The minimum absolute atomic E-state index is 0.00810. The van der Waals surface area contributed by atoms with E-state index < -0.39 is 22.3 Å². The quantitative estimate of drug-likeness (QED) is 0.675. The molecule has 0 aromatic heterocycles. The minimum atomic E-state index is -0.779. The maximum Gasteiger partial charge on any atom is 0.273 e. The van der Waals surface area contributed by atoms with Crippen LogP contribution in [0, 0.1) is 21.8 Å². The van der Waals surface area contributed by atoms with E-state index in [1.807, 2.05) is 0 Å². The van der Waals surface area contributed by atoms with Crippen LogP contribution in [0.5, 0.6) is 0 Å². The van der Waals surface area contributed by atoms with Crippen LogP contribution in [-0.4, -0.2) is 16.9 Å². The third kappa shape index (κ3) is 3.27. The summed E-state index contributed by atoms with van der Waals surface area (Å²) in [6, 6.07) is 2.98. The normalized spacial score (nSPS) is 22.2. The van der Waals surface area contributed by atoms with E-state index in [4.69, 9.17) is 0 Å². The van der Waals surface area contributed by atoms with E-state index in [-0.39, 0.29) is 11.6 Å². The molecule has 1 aromatic rings. The Balaban J connectivity index is 2.12. The highest BCUT2D eigenvalue weighted by molar-refractivity contribution is 5.95. The number of hydrogen-bond acceptors (Lipinski definition) is 3. The number of non-ortho nitro benzene ring substituents is 1. The SMILES string of the molecule is CC1CCC(NC(=O)c2cc(F)cc([N+](=O)[O-])c2)C1. The molecule has 1 aliphatic carbocycles. The lowest BCUT2D eigenvalue weighted by Crippen LogP contribution is -2.32. The molecule has 0 radical (unpaired) electrons. The highest BCUT2D eigenvalue weighted by Gasteiger charge is 2.24. The summed E-state index contributed by atoms with van der Waals surface area (Å²) in [6.45, 7) is 2.11. The van der Waals surface area contributed by atoms with Crippen molar-refractivity contribution in [3.8, 4) is 0 Å². The Hall–Kier alpha value is -1.98. The van der Waals surface area contributed by atoms with E-state index >= 15 is 0 Å². The average Bonchev–Trinajstić information content (AvgIpc) is 2.73. The summed E-state index contributed by atoms with van der Waals surface area (Å²) < 4.78 is 13.2. The number of carbonyl (C=O) groups is 1. The van der Waals surface area contributed by atoms with Crippen LogP contribution in [0.3, 0.4) is 0 Å². The summed E-state index contributed by atoms with van der Waals surface area (Å²) in [4.78, 5) is 21.8. The predicted molar refractivity (Wildman–Crippen MR) is 67.3 cm³/mol. The van der Waals surface area contributed by atoms with Crippen molar-refractivity contribution in [2.24, 2.45) is 5.92 Å². The van der Waals surface area contributed by atoms with Gasteiger partial charge in [0.15, 0.2) is 0 Å². The van der Waals surface area contributed by atoms with Crippen molar-refractivity contribution in [1.82, 2.24) is 5.32 Å². The zero-order valence-electron chi connectivity index (χ0n) is 10.6. The highest BCUT2D eigenvalue weighted by atomic mass is 19.1. The minimum Gasteiger partial charge on any atom is -0.349 e. The van der Waals surface area contributed by atoms with Gasteiger partial charge in [0.1, 0.15) is 5.82 Å². The van der Waals surface area contributed by atoms with Gasteiger partial charge in [0.2, 0.25) is 0 Å². The zero-order valence-corrected chi connectivity index (χ0v) is 10.6. The molecule has 1 saturated carbocycles. The molecule has 2 atom stereocenters. The second-order valence-electron chi connectivity index (χ2n) is 5.04. The number of nitro groups is 1. The lowest BCUT2D eigenvalue weighted by Gasteiger charge is -2.12. The predicted octanol–water partition coefficient (Wildman–Crippen LogP) is 2.65. The maximum atomic E-state index is 13.2. The smallest absolute Gasteiger partial charge is 0.273 e. The second-order valence-corrected chi connectivity index (χ2v) is 5.04. The van der Waals surface area contributed by atoms with Crippen LogP contribution < -0.4 is 5.32 Å². The molecule has 1 fully saturated rings. The molecule has 2 unspecified atom stereocenters. The molecule has 0 heterocycles. The molecule has 1 N–H and O–H groups in total. The van der Waals surface area contributed by atoms with Crippen LogP contribution in [0.15, 0.2) is 18.2 Å². The van der Waals surface area contributed by atoms with E-state index in [9.17, 15) is 19.3 Å². The van der Waals surface area contributed by atoms with Gasteiger partial charge in [-0.2, -0.15) is 0 Å². The Morgan fingerprint density at radius 1 is 1.42 bits per heavy atom. The first kappa shape index (κ1) is 13.5. The first-order valence-corrected chi connectivity index (χ1v) is 6.21. The molecular formula is C13H15FN2O3. The van der Waals surface area contributed by atoms with Gasteiger partial charge < -0.3 is 5.32 Å². The fourth-order valence-corrected chi connectivity index (χ4v) is 2.42. The Bertz CT molecular complexity index is 519. The van der Waals surface area contributed by atoms with Crippen molar-refractivity contribution in [3.63, 3.8) is 0 Å². The standard InChI is InChI=1S/C13H15FN2O3/c1-8-2-3-11(4-8)15-13(17)9-5-10(14)7-12(6-9)16(18)19/h5-8,11H,2-4H2,1H3,(H,15,17). The third-order valence-electron chi connectivity index (χ3n) is 3.39. The molecule has 5 nitrogen and oxygen atoms in total. The molecule has 0 aliphatic heterocycles. The Labute approximate surface area is 110 Å². The first-order valence-electron chi connectivity index (χ1n) is 6.21. The molecule has 0 bridgehead atoms. The fraction of sp³-hybridized carbons (Fsp3) is 0.462. The number of halogens is 1. The maximum absolute atomic E-state index is 13.2. The monoisotopic (exact) mass is 266 g/mol. The van der Waals surface area contributed by atoms with Gasteiger partial charge in [0.05, 0.1) is 11.0 Å². The van der Waals surface area contributed by atoms with Gasteiger partial charge in [-0.3, -0.25) is 14.9 Å². The Morgan fingerprint density at radius 2 is 2.16 bits per heavy atom. The van der Waals surface area contributed by atoms with Crippen molar-refractivity contribution in [2.45, 2.75) is 32.2 Å². The average molecular weight is 266 g/mol. The number of carbonyl (C=O) groups excluding carboxylic acids is 1. The van der Waals surface area contributed by atoms with Gasteiger partial charge in [-0.25, -0.2) is 4.39 Å². The van der Waals surface area contributed by atoms with Crippen LogP contribution in [0.1, 0.15) is 36.5 Å². The van der Waals surface area contributed by atoms with E-state index in [0.717, 1.165) is 37.5 Å². The number of rotatable bonds is 3. The largest absolute Gasteiger partial charge is 0.349 e. The summed E-state index contributed by atoms with van der Waals surface area (Å²) in [6.07, 6.45) is 2.84. The van der Waals surface area contributed by atoms with Crippen molar-refractivity contribution in [2.75, 3.05) is 0 Å². The number of nitrogens with one attached hydrogen (secondary N) is 1. The highest BCUT2D eigenvalue weighted by Crippen LogP contribution is 2.25. The number of hydrogen-bond donors (Lipinski definition) is 1. The summed E-state index contributed by atoms with van der Waals surface area (Å²) >= 11 is 0. The van der Waals surface area contributed by atoms with Gasteiger partial charge in [-0.15, -0.1) is 0 Å². The van der Waals surface area contributed by atoms with E-state index in [2.05, 4.69) is 12.2 Å². The molecule has 102 valence electrons. The molecule has 2 rings (SSSR count). The van der Waals surface area contributed by atoms with Crippen molar-refractivity contribution in [3.05, 3.63) is 39.7 Å². The van der Waals surface area contributed by atoms with Gasteiger partial charge in [-0.1, -0.05) is 6.92 Å². The lowest BCUT2D eigenvalue weighted by molar-refractivity contribution is -0.385. The molecule has 6 heteroatoms. The van der Waals surface area contributed by atoms with Crippen molar-refractivity contribution >= 4 is 11.6 Å². The molecule has 0 saturated heterocycles. The van der Waals surface area contributed by atoms with Gasteiger partial charge in [0.25, 0.3) is 11.6 Å². The Morgan fingerprint density at radius 3 is 2.74 bits per heavy atom. The van der Waals surface area contributed by atoms with Crippen LogP contribution >= 0.6 is 0 Å². The number of amides is 1. The topological polar surface area (TPSA) is 72.2 Å². The van der Waals surface area contributed by atoms with Crippen molar-refractivity contribution < 1.29 is 14.1 Å². The van der Waals surface area contributed by atoms with E-state index in [1.54, 1.807) is 0 Å². The molecule has 1 aliphatic rings. The number of benzene rings is 1. The molecule has 1 amide bonds. The van der Waals surface area contributed by atoms with Crippen LogP contribution in [0.2, 0.25) is 0 Å². The fourth-order valence-electron chi connectivity index (χ4n) is 2.42. The van der Waals surface area contributed by atoms with E-state index in [1.165, 1.54) is 0 Å². The summed E-state index contributed by atoms with van der Waals surface area (Å²) in [5, 5.41) is 13.4. The van der Waals surface area contributed by atoms with E-state index in [0.29, 0.717) is 5.92 Å². The van der Waals surface area contributed by atoms with Gasteiger partial charge in [0, 0.05) is 17.7 Å². The van der Waals surface area contributed by atoms with Gasteiger partial charge >= 0.3 is 0 Å². The number of nitro benzene ring substituents is 1. The lowest BCUT2D eigenvalue weighted by atomic mass is 10.1. The molecule has 19 heavy (non-hydrogen) atoms. The molecular weight excluding hydrogens is 251 g/mol. The van der Waals surface area contributed by atoms with Crippen LogP contribution in [0.4, 0.5) is 10.1 Å². The molecule has 1 aromatic carbocycles. The first-order chi connectivity index (χ1) is 8.95. The zero-order chi connectivity index (χ0) is 14.0. The van der Waals surface area contributed by atoms with Crippen molar-refractivity contribution in [1.29, 1.82) is 0 Å². The van der Waals surface area contributed by atoms with Crippen LogP contribution in [0.25, 0.3) is 0 Å². The summed E-state index contributed by atoms with van der Waals surface area (Å²) in [5.74, 6) is -0.673. The third-order valence-corrected chi connectivity index (χ3v) is 3.39. The second kappa shape index (κ2) is 5.34. The Kier molecular flexibility index (Phi) is 3.78. The summed E-state index contributed by atoms with van der Waals surface area (Å²) in [7, 11) is 0.